The number of benzene rings is 1. The zero-order valence-electron chi connectivity index (χ0n) is 11.5. The summed E-state index contributed by atoms with van der Waals surface area (Å²) >= 11 is 1.60. The van der Waals surface area contributed by atoms with Crippen molar-refractivity contribution in [1.29, 1.82) is 0 Å². The molecule has 0 bridgehead atoms. The lowest BCUT2D eigenvalue weighted by atomic mass is 10.2. The Bertz CT molecular complexity index is 601. The molecule has 0 aliphatic rings. The smallest absolute Gasteiger partial charge is 0.274 e. The first-order chi connectivity index (χ1) is 9.74. The summed E-state index contributed by atoms with van der Waals surface area (Å²) in [4.78, 5) is 17.4. The van der Waals surface area contributed by atoms with Gasteiger partial charge in [-0.2, -0.15) is 0 Å². The van der Waals surface area contributed by atoms with Crippen LogP contribution in [0.2, 0.25) is 0 Å². The van der Waals surface area contributed by atoms with Crippen LogP contribution in [0.1, 0.15) is 17.4 Å². The summed E-state index contributed by atoms with van der Waals surface area (Å²) in [6.45, 7) is 2.81. The highest BCUT2D eigenvalue weighted by molar-refractivity contribution is 7.98. The van der Waals surface area contributed by atoms with Gasteiger partial charge in [-0.15, -0.1) is 11.8 Å². The lowest BCUT2D eigenvalue weighted by Gasteiger charge is -2.09. The molecule has 1 amide bonds. The van der Waals surface area contributed by atoms with Gasteiger partial charge < -0.3 is 10.6 Å². The summed E-state index contributed by atoms with van der Waals surface area (Å²) in [5.41, 5.74) is 2.10. The van der Waals surface area contributed by atoms with E-state index in [0.29, 0.717) is 5.69 Å². The third kappa shape index (κ3) is 3.51. The fraction of sp³-hybridized carbons (Fsp3) is 0.200. The number of anilines is 2. The maximum Gasteiger partial charge on any atom is 0.274 e. The number of nitrogens with zero attached hydrogens (tertiary/aromatic N) is 1. The van der Waals surface area contributed by atoms with Gasteiger partial charge >= 0.3 is 0 Å². The van der Waals surface area contributed by atoms with Crippen molar-refractivity contribution in [3.8, 4) is 0 Å². The van der Waals surface area contributed by atoms with Crippen LogP contribution in [0.15, 0.2) is 47.5 Å². The summed E-state index contributed by atoms with van der Waals surface area (Å²) < 4.78 is 0. The quantitative estimate of drug-likeness (QED) is 0.827. The number of hydrogen-bond acceptors (Lipinski definition) is 4. The normalized spacial score (nSPS) is 10.1. The maximum absolute atomic E-state index is 12.2. The second-order valence-electron chi connectivity index (χ2n) is 4.11. The minimum atomic E-state index is -0.203. The second kappa shape index (κ2) is 6.96. The molecule has 0 atom stereocenters. The molecule has 1 aromatic carbocycles. The predicted octanol–water partition coefficient (Wildman–Crippen LogP) is 3.49. The first kappa shape index (κ1) is 14.4. The number of pyridine rings is 1. The van der Waals surface area contributed by atoms with E-state index < -0.39 is 0 Å². The van der Waals surface area contributed by atoms with Crippen LogP contribution < -0.4 is 10.6 Å². The van der Waals surface area contributed by atoms with Gasteiger partial charge in [0.25, 0.3) is 5.91 Å². The Balaban J connectivity index is 2.17. The van der Waals surface area contributed by atoms with Gasteiger partial charge in [0, 0.05) is 23.3 Å². The van der Waals surface area contributed by atoms with Gasteiger partial charge in [-0.05, 0) is 37.4 Å². The molecule has 20 heavy (non-hydrogen) atoms. The molecule has 0 radical (unpaired) electrons. The highest BCUT2D eigenvalue weighted by Gasteiger charge is 2.10. The Morgan fingerprint density at radius 1 is 1.30 bits per heavy atom. The second-order valence-corrected chi connectivity index (χ2v) is 4.96. The monoisotopic (exact) mass is 287 g/mol. The number of aromatic nitrogens is 1. The first-order valence-corrected chi connectivity index (χ1v) is 7.61. The molecule has 2 aromatic rings. The third-order valence-corrected chi connectivity index (χ3v) is 3.52. The third-order valence-electron chi connectivity index (χ3n) is 2.73. The summed E-state index contributed by atoms with van der Waals surface area (Å²) in [6, 6.07) is 11.3. The van der Waals surface area contributed by atoms with Gasteiger partial charge in [-0.25, -0.2) is 0 Å². The lowest BCUT2D eigenvalue weighted by Crippen LogP contribution is -2.14. The van der Waals surface area contributed by atoms with Crippen LogP contribution in [-0.2, 0) is 0 Å². The number of carbonyl (C=O) groups is 1. The minimum Gasteiger partial charge on any atom is -0.385 e. The van der Waals surface area contributed by atoms with Crippen molar-refractivity contribution in [3.05, 3.63) is 48.3 Å². The Hall–Kier alpha value is -2.01. The Morgan fingerprint density at radius 2 is 2.10 bits per heavy atom. The molecule has 2 N–H and O–H groups in total. The highest BCUT2D eigenvalue weighted by Crippen LogP contribution is 2.25. The van der Waals surface area contributed by atoms with Gasteiger partial charge in [0.2, 0.25) is 0 Å². The average molecular weight is 287 g/mol. The van der Waals surface area contributed by atoms with Gasteiger partial charge in [0.1, 0.15) is 5.69 Å². The highest BCUT2D eigenvalue weighted by atomic mass is 32.2. The van der Waals surface area contributed by atoms with Crippen LogP contribution in [-0.4, -0.2) is 23.7 Å². The molecule has 0 saturated carbocycles. The summed E-state index contributed by atoms with van der Waals surface area (Å²) in [5.74, 6) is -0.203. The van der Waals surface area contributed by atoms with E-state index in [2.05, 4.69) is 15.6 Å². The topological polar surface area (TPSA) is 54.0 Å². The van der Waals surface area contributed by atoms with Crippen molar-refractivity contribution in [2.75, 3.05) is 23.4 Å². The molecular weight excluding hydrogens is 270 g/mol. The molecule has 0 aliphatic carbocycles. The van der Waals surface area contributed by atoms with Gasteiger partial charge in [0.15, 0.2) is 0 Å². The molecule has 1 heterocycles. The lowest BCUT2D eigenvalue weighted by molar-refractivity contribution is 0.102. The summed E-state index contributed by atoms with van der Waals surface area (Å²) in [7, 11) is 0. The largest absolute Gasteiger partial charge is 0.385 e. The molecule has 2 rings (SSSR count). The number of carbonyl (C=O) groups excluding carboxylic acids is 1. The number of rotatable bonds is 5. The van der Waals surface area contributed by atoms with E-state index in [1.54, 1.807) is 24.0 Å². The van der Waals surface area contributed by atoms with Crippen molar-refractivity contribution in [2.45, 2.75) is 11.8 Å². The Labute approximate surface area is 123 Å². The molecule has 4 nitrogen and oxygen atoms in total. The van der Waals surface area contributed by atoms with E-state index in [-0.39, 0.29) is 5.91 Å². The number of para-hydroxylation sites is 1. The molecule has 0 unspecified atom stereocenters. The van der Waals surface area contributed by atoms with E-state index in [1.807, 2.05) is 43.5 Å². The zero-order chi connectivity index (χ0) is 14.4. The van der Waals surface area contributed by atoms with E-state index in [4.69, 9.17) is 0 Å². The van der Waals surface area contributed by atoms with Gasteiger partial charge in [-0.1, -0.05) is 12.1 Å². The molecule has 0 saturated heterocycles. The van der Waals surface area contributed by atoms with Crippen molar-refractivity contribution in [3.63, 3.8) is 0 Å². The number of thioether (sulfide) groups is 1. The van der Waals surface area contributed by atoms with E-state index in [1.165, 1.54) is 0 Å². The van der Waals surface area contributed by atoms with Crippen LogP contribution >= 0.6 is 11.8 Å². The van der Waals surface area contributed by atoms with Crippen LogP contribution in [0.25, 0.3) is 0 Å². The standard InChI is InChI=1S/C15H17N3OS/c1-3-16-11-8-9-17-13(10-11)15(19)18-12-6-4-5-7-14(12)20-2/h4-10H,3H2,1-2H3,(H,16,17)(H,18,19). The zero-order valence-corrected chi connectivity index (χ0v) is 12.3. The number of amides is 1. The molecule has 0 spiro atoms. The van der Waals surface area contributed by atoms with E-state index in [9.17, 15) is 4.79 Å². The molecule has 5 heteroatoms. The van der Waals surface area contributed by atoms with Crippen LogP contribution in [0.4, 0.5) is 11.4 Å². The minimum absolute atomic E-state index is 0.203. The molecular formula is C15H17N3OS. The number of nitrogens with one attached hydrogen (secondary N) is 2. The van der Waals surface area contributed by atoms with Crippen molar-refractivity contribution < 1.29 is 4.79 Å². The van der Waals surface area contributed by atoms with Crippen molar-refractivity contribution in [1.82, 2.24) is 4.98 Å². The van der Waals surface area contributed by atoms with Crippen molar-refractivity contribution in [2.24, 2.45) is 0 Å². The molecule has 0 fully saturated rings. The molecule has 104 valence electrons. The molecule has 1 aromatic heterocycles. The Kier molecular flexibility index (Phi) is 5.01. The van der Waals surface area contributed by atoms with Crippen LogP contribution in [0.3, 0.4) is 0 Å². The molecule has 0 aliphatic heterocycles. The fourth-order valence-corrected chi connectivity index (χ4v) is 2.36. The van der Waals surface area contributed by atoms with E-state index >= 15 is 0 Å². The van der Waals surface area contributed by atoms with Crippen LogP contribution in [0.5, 0.6) is 0 Å². The van der Waals surface area contributed by atoms with Gasteiger partial charge in [0.05, 0.1) is 5.69 Å². The van der Waals surface area contributed by atoms with Crippen molar-refractivity contribution >= 4 is 29.0 Å². The van der Waals surface area contributed by atoms with Crippen LogP contribution in [0, 0.1) is 0 Å². The average Bonchev–Trinajstić information content (AvgIpc) is 2.48. The Morgan fingerprint density at radius 3 is 2.85 bits per heavy atom. The van der Waals surface area contributed by atoms with Gasteiger partial charge in [-0.3, -0.25) is 9.78 Å². The van der Waals surface area contributed by atoms with E-state index in [0.717, 1.165) is 22.8 Å². The summed E-state index contributed by atoms with van der Waals surface area (Å²) in [6.07, 6.45) is 3.61. The number of hydrogen-bond donors (Lipinski definition) is 2. The maximum atomic E-state index is 12.2. The first-order valence-electron chi connectivity index (χ1n) is 6.39. The SMILES string of the molecule is CCNc1ccnc(C(=O)Nc2ccccc2SC)c1. The predicted molar refractivity (Wildman–Crippen MR) is 84.6 cm³/mol. The fourth-order valence-electron chi connectivity index (χ4n) is 1.80. The summed E-state index contributed by atoms with van der Waals surface area (Å²) in [5, 5.41) is 6.06.